The molecule has 3 N–H and O–H groups in total. The largest absolute Gasteiger partial charge is 0.385 e. The van der Waals surface area contributed by atoms with Crippen molar-refractivity contribution in [2.45, 2.75) is 0 Å². The van der Waals surface area contributed by atoms with Gasteiger partial charge in [-0.15, -0.1) is 6.58 Å². The molecule has 0 fully saturated rings. The second kappa shape index (κ2) is 4.72. The van der Waals surface area contributed by atoms with Crippen LogP contribution >= 0.6 is 0 Å². The van der Waals surface area contributed by atoms with Crippen molar-refractivity contribution >= 4 is 0 Å². The van der Waals surface area contributed by atoms with E-state index in [4.69, 9.17) is 11.0 Å². The summed E-state index contributed by atoms with van der Waals surface area (Å²) in [5.41, 5.74) is 5.25. The molecule has 0 aromatic heterocycles. The molecule has 0 aliphatic heterocycles. The number of nitriles is 1. The highest BCUT2D eigenvalue weighted by Gasteiger charge is 1.80. The first-order valence-electron chi connectivity index (χ1n) is 2.51. The van der Waals surface area contributed by atoms with Crippen LogP contribution in [0.25, 0.3) is 0 Å². The smallest absolute Gasteiger partial charge is 0.107 e. The summed E-state index contributed by atoms with van der Waals surface area (Å²) in [7, 11) is 0. The fraction of sp³-hybridized carbons (Fsp3) is 0.167. The highest BCUT2D eigenvalue weighted by molar-refractivity contribution is 5.08. The maximum atomic E-state index is 8.06. The molecular formula is C6H9N3. The van der Waals surface area contributed by atoms with Crippen LogP contribution in [0.1, 0.15) is 0 Å². The lowest BCUT2D eigenvalue weighted by molar-refractivity contribution is 0.889. The van der Waals surface area contributed by atoms with Gasteiger partial charge in [0.1, 0.15) is 5.82 Å². The number of allylic oxidation sites excluding steroid dienone is 1. The molecule has 0 bridgehead atoms. The third kappa shape index (κ3) is 4.42. The molecule has 0 aromatic carbocycles. The normalized spacial score (nSPS) is 9.89. The van der Waals surface area contributed by atoms with E-state index in [0.717, 1.165) is 0 Å². The first kappa shape index (κ1) is 7.57. The monoisotopic (exact) mass is 123 g/mol. The average Bonchev–Trinajstić information content (AvgIpc) is 1.85. The van der Waals surface area contributed by atoms with Crippen LogP contribution in [-0.4, -0.2) is 6.54 Å². The van der Waals surface area contributed by atoms with E-state index in [0.29, 0.717) is 12.4 Å². The lowest BCUT2D eigenvalue weighted by atomic mass is 10.5. The zero-order valence-electron chi connectivity index (χ0n) is 5.09. The second-order valence-corrected chi connectivity index (χ2v) is 1.40. The maximum absolute atomic E-state index is 8.06. The summed E-state index contributed by atoms with van der Waals surface area (Å²) in [6.07, 6.45) is 2.90. The number of nitrogens with two attached hydrogens (primary N) is 1. The van der Waals surface area contributed by atoms with Gasteiger partial charge in [-0.25, -0.2) is 0 Å². The third-order valence-corrected chi connectivity index (χ3v) is 0.671. The summed E-state index contributed by atoms with van der Waals surface area (Å²) in [5.74, 6) is 0.373. The first-order valence-corrected chi connectivity index (χ1v) is 2.51. The molecule has 0 aliphatic rings. The van der Waals surface area contributed by atoms with E-state index in [1.807, 2.05) is 0 Å². The Hall–Kier alpha value is -1.43. The molecule has 0 heterocycles. The number of hydrogen-bond donors (Lipinski definition) is 2. The summed E-state index contributed by atoms with van der Waals surface area (Å²) >= 11 is 0. The number of nitrogens with one attached hydrogen (secondary N) is 1. The molecule has 48 valence electrons. The molecule has 0 spiro atoms. The molecule has 0 atom stereocenters. The second-order valence-electron chi connectivity index (χ2n) is 1.40. The predicted octanol–water partition coefficient (Wildman–Crippen LogP) is 0.0857. The van der Waals surface area contributed by atoms with Gasteiger partial charge < -0.3 is 11.1 Å². The quantitative estimate of drug-likeness (QED) is 0.413. The fourth-order valence-electron chi connectivity index (χ4n) is 0.311. The van der Waals surface area contributed by atoms with E-state index >= 15 is 0 Å². The van der Waals surface area contributed by atoms with Gasteiger partial charge in [0.2, 0.25) is 0 Å². The maximum Gasteiger partial charge on any atom is 0.107 e. The number of nitrogens with zero attached hydrogens (tertiary/aromatic N) is 1. The Labute approximate surface area is 54.5 Å². The molecule has 0 saturated carbocycles. The highest BCUT2D eigenvalue weighted by atomic mass is 15.0. The van der Waals surface area contributed by atoms with Gasteiger partial charge in [-0.1, -0.05) is 6.08 Å². The van der Waals surface area contributed by atoms with Crippen molar-refractivity contribution in [2.24, 2.45) is 5.73 Å². The van der Waals surface area contributed by atoms with E-state index in [1.165, 1.54) is 6.08 Å². The van der Waals surface area contributed by atoms with Crippen LogP contribution in [0.3, 0.4) is 0 Å². The summed E-state index contributed by atoms with van der Waals surface area (Å²) in [6, 6.07) is 1.79. The minimum Gasteiger partial charge on any atom is -0.385 e. The number of hydrogen-bond acceptors (Lipinski definition) is 3. The molecule has 0 saturated heterocycles. The molecule has 0 amide bonds. The van der Waals surface area contributed by atoms with Gasteiger partial charge in [0.05, 0.1) is 12.1 Å². The van der Waals surface area contributed by atoms with Crippen LogP contribution in [0, 0.1) is 11.3 Å². The summed E-state index contributed by atoms with van der Waals surface area (Å²) < 4.78 is 0. The Morgan fingerprint density at radius 2 is 2.56 bits per heavy atom. The molecule has 0 radical (unpaired) electrons. The first-order chi connectivity index (χ1) is 4.31. The molecule has 0 unspecified atom stereocenters. The Kier molecular flexibility index (Phi) is 3.97. The van der Waals surface area contributed by atoms with Crippen LogP contribution in [0.4, 0.5) is 0 Å². The average molecular weight is 123 g/mol. The van der Waals surface area contributed by atoms with Gasteiger partial charge in [0, 0.05) is 6.54 Å². The third-order valence-electron chi connectivity index (χ3n) is 0.671. The van der Waals surface area contributed by atoms with E-state index in [9.17, 15) is 0 Å². The zero-order chi connectivity index (χ0) is 7.11. The topological polar surface area (TPSA) is 61.8 Å². The lowest BCUT2D eigenvalue weighted by Gasteiger charge is -1.97. The van der Waals surface area contributed by atoms with Crippen molar-refractivity contribution < 1.29 is 0 Å². The Bertz CT molecular complexity index is 152. The summed E-state index contributed by atoms with van der Waals surface area (Å²) in [6.45, 7) is 4.05. The van der Waals surface area contributed by atoms with Crippen molar-refractivity contribution in [1.82, 2.24) is 5.32 Å². The zero-order valence-corrected chi connectivity index (χ0v) is 5.09. The van der Waals surface area contributed by atoms with E-state index in [-0.39, 0.29) is 0 Å². The van der Waals surface area contributed by atoms with Crippen LogP contribution < -0.4 is 11.1 Å². The van der Waals surface area contributed by atoms with Gasteiger partial charge in [0.25, 0.3) is 0 Å². The molecule has 0 aromatic rings. The van der Waals surface area contributed by atoms with Gasteiger partial charge >= 0.3 is 0 Å². The van der Waals surface area contributed by atoms with Gasteiger partial charge in [0.15, 0.2) is 0 Å². The molecular weight excluding hydrogens is 114 g/mol. The lowest BCUT2D eigenvalue weighted by Crippen LogP contribution is -2.19. The summed E-state index contributed by atoms with van der Waals surface area (Å²) in [5, 5.41) is 10.8. The van der Waals surface area contributed by atoms with Gasteiger partial charge in [-0.05, 0) is 0 Å². The van der Waals surface area contributed by atoms with Crippen molar-refractivity contribution in [3.05, 3.63) is 24.6 Å². The predicted molar refractivity (Wildman–Crippen MR) is 36.1 cm³/mol. The fourth-order valence-corrected chi connectivity index (χ4v) is 0.311. The van der Waals surface area contributed by atoms with Gasteiger partial charge in [-0.3, -0.25) is 0 Å². The molecule has 0 rings (SSSR count). The van der Waals surface area contributed by atoms with Gasteiger partial charge in [-0.2, -0.15) is 5.26 Å². The Morgan fingerprint density at radius 1 is 1.89 bits per heavy atom. The SMILES string of the molecule is C=CCN/C(N)=C\C#N. The molecule has 0 aliphatic carbocycles. The molecule has 9 heavy (non-hydrogen) atoms. The van der Waals surface area contributed by atoms with Crippen molar-refractivity contribution in [1.29, 1.82) is 5.26 Å². The van der Waals surface area contributed by atoms with E-state index in [1.54, 1.807) is 12.1 Å². The van der Waals surface area contributed by atoms with Crippen LogP contribution in [0.15, 0.2) is 24.6 Å². The molecule has 3 nitrogen and oxygen atoms in total. The van der Waals surface area contributed by atoms with E-state index in [2.05, 4.69) is 11.9 Å². The van der Waals surface area contributed by atoms with Crippen LogP contribution in [0.2, 0.25) is 0 Å². The Balaban J connectivity index is 3.52. The Morgan fingerprint density at radius 3 is 3.00 bits per heavy atom. The molecule has 3 heteroatoms. The van der Waals surface area contributed by atoms with E-state index < -0.39 is 0 Å². The number of rotatable bonds is 3. The highest BCUT2D eigenvalue weighted by Crippen LogP contribution is 1.72. The van der Waals surface area contributed by atoms with Crippen molar-refractivity contribution in [3.8, 4) is 6.07 Å². The minimum atomic E-state index is 0.373. The van der Waals surface area contributed by atoms with Crippen molar-refractivity contribution in [2.75, 3.05) is 6.54 Å². The standard InChI is InChI=1S/C6H9N3/c1-2-5-9-6(8)3-4-7/h2-3,9H,1,5,8H2/b6-3-. The van der Waals surface area contributed by atoms with Crippen LogP contribution in [0.5, 0.6) is 0 Å². The minimum absolute atomic E-state index is 0.373. The van der Waals surface area contributed by atoms with Crippen LogP contribution in [-0.2, 0) is 0 Å². The van der Waals surface area contributed by atoms with Crippen molar-refractivity contribution in [3.63, 3.8) is 0 Å². The summed E-state index contributed by atoms with van der Waals surface area (Å²) in [4.78, 5) is 0.